The van der Waals surface area contributed by atoms with Gasteiger partial charge in [-0.3, -0.25) is 4.79 Å². The van der Waals surface area contributed by atoms with Crippen LogP contribution in [0.3, 0.4) is 0 Å². The maximum Gasteiger partial charge on any atom is 0.220 e. The maximum absolute atomic E-state index is 12.5. The molecule has 0 saturated heterocycles. The zero-order chi connectivity index (χ0) is 49.2. The van der Waals surface area contributed by atoms with Gasteiger partial charge in [-0.25, -0.2) is 0 Å². The first-order valence-electron chi connectivity index (χ1n) is 30.9. The van der Waals surface area contributed by atoms with Gasteiger partial charge >= 0.3 is 0 Å². The van der Waals surface area contributed by atoms with Crippen molar-refractivity contribution in [3.05, 3.63) is 48.6 Å². The molecule has 0 fully saturated rings. The molecule has 0 saturated carbocycles. The third kappa shape index (κ3) is 55.3. The third-order valence-corrected chi connectivity index (χ3v) is 14.3. The monoisotopic (exact) mass is 952 g/mol. The van der Waals surface area contributed by atoms with E-state index in [1.165, 1.54) is 276 Å². The Morgan fingerprint density at radius 3 is 0.897 bits per heavy atom. The van der Waals surface area contributed by atoms with Crippen LogP contribution in [0.25, 0.3) is 0 Å². The molecule has 0 aliphatic heterocycles. The van der Waals surface area contributed by atoms with Crippen molar-refractivity contribution in [2.24, 2.45) is 0 Å². The summed E-state index contributed by atoms with van der Waals surface area (Å²) >= 11 is 0. The molecule has 0 aromatic heterocycles. The summed E-state index contributed by atoms with van der Waals surface area (Å²) in [7, 11) is 0. The molecule has 0 aromatic carbocycles. The van der Waals surface area contributed by atoms with E-state index in [-0.39, 0.29) is 12.5 Å². The van der Waals surface area contributed by atoms with Gasteiger partial charge in [0.2, 0.25) is 5.91 Å². The van der Waals surface area contributed by atoms with Crippen LogP contribution in [-0.2, 0) is 4.79 Å². The summed E-state index contributed by atoms with van der Waals surface area (Å²) in [6, 6.07) is -0.620. The van der Waals surface area contributed by atoms with E-state index in [9.17, 15) is 15.0 Å². The number of carbonyl (C=O) groups excluding carboxylic acids is 1. The van der Waals surface area contributed by atoms with Crippen LogP contribution in [0.1, 0.15) is 335 Å². The molecular formula is C64H121NO3. The van der Waals surface area contributed by atoms with E-state index in [1.807, 2.05) is 6.08 Å². The minimum absolute atomic E-state index is 0.0585. The minimum atomic E-state index is -0.837. The fourth-order valence-corrected chi connectivity index (χ4v) is 9.60. The van der Waals surface area contributed by atoms with Gasteiger partial charge in [0.15, 0.2) is 0 Å². The van der Waals surface area contributed by atoms with E-state index < -0.39 is 12.1 Å². The summed E-state index contributed by atoms with van der Waals surface area (Å²) in [5.74, 6) is -0.0585. The summed E-state index contributed by atoms with van der Waals surface area (Å²) in [5, 5.41) is 23.1. The smallest absolute Gasteiger partial charge is 0.220 e. The van der Waals surface area contributed by atoms with Crippen LogP contribution in [0.5, 0.6) is 0 Å². The molecular weight excluding hydrogens is 831 g/mol. The van der Waals surface area contributed by atoms with Crippen molar-refractivity contribution in [3.8, 4) is 0 Å². The molecule has 0 rings (SSSR count). The summed E-state index contributed by atoms with van der Waals surface area (Å²) in [4.78, 5) is 12.5. The van der Waals surface area contributed by atoms with E-state index in [1.54, 1.807) is 6.08 Å². The van der Waals surface area contributed by atoms with Crippen LogP contribution in [-0.4, -0.2) is 34.9 Å². The highest BCUT2D eigenvalue weighted by Crippen LogP contribution is 2.18. The highest BCUT2D eigenvalue weighted by atomic mass is 16.3. The molecule has 4 heteroatoms. The molecule has 0 aliphatic rings. The van der Waals surface area contributed by atoms with E-state index in [2.05, 4.69) is 55.6 Å². The fourth-order valence-electron chi connectivity index (χ4n) is 9.60. The second kappa shape index (κ2) is 59.7. The molecule has 0 aromatic rings. The first-order chi connectivity index (χ1) is 33.7. The van der Waals surface area contributed by atoms with Crippen LogP contribution in [0.15, 0.2) is 48.6 Å². The Balaban J connectivity index is 3.38. The number of hydrogen-bond donors (Lipinski definition) is 3. The minimum Gasteiger partial charge on any atom is -0.394 e. The number of hydrogen-bond acceptors (Lipinski definition) is 3. The van der Waals surface area contributed by atoms with Crippen LogP contribution < -0.4 is 5.32 Å². The lowest BCUT2D eigenvalue weighted by Crippen LogP contribution is -2.45. The van der Waals surface area contributed by atoms with E-state index in [0.717, 1.165) is 38.5 Å². The summed E-state index contributed by atoms with van der Waals surface area (Å²) in [6.45, 7) is 4.32. The van der Waals surface area contributed by atoms with Gasteiger partial charge in [-0.15, -0.1) is 0 Å². The Bertz CT molecular complexity index is 1080. The van der Waals surface area contributed by atoms with Crippen molar-refractivity contribution in [2.75, 3.05) is 6.61 Å². The van der Waals surface area contributed by atoms with Gasteiger partial charge in [-0.05, 0) is 57.8 Å². The van der Waals surface area contributed by atoms with Gasteiger partial charge in [-0.2, -0.15) is 0 Å². The topological polar surface area (TPSA) is 69.6 Å². The highest BCUT2D eigenvalue weighted by Gasteiger charge is 2.18. The first kappa shape index (κ1) is 66.3. The maximum atomic E-state index is 12.5. The van der Waals surface area contributed by atoms with Crippen LogP contribution in [0.2, 0.25) is 0 Å². The summed E-state index contributed by atoms with van der Waals surface area (Å²) < 4.78 is 0. The summed E-state index contributed by atoms with van der Waals surface area (Å²) in [6.07, 6.45) is 83.1. The predicted octanol–water partition coefficient (Wildman–Crippen LogP) is 20.6. The molecule has 3 N–H and O–H groups in total. The van der Waals surface area contributed by atoms with Crippen LogP contribution >= 0.6 is 0 Å². The molecule has 4 nitrogen and oxygen atoms in total. The Labute approximate surface area is 426 Å². The lowest BCUT2D eigenvalue weighted by molar-refractivity contribution is -0.123. The van der Waals surface area contributed by atoms with Gasteiger partial charge < -0.3 is 15.5 Å². The van der Waals surface area contributed by atoms with Crippen molar-refractivity contribution in [3.63, 3.8) is 0 Å². The standard InChI is InChI=1S/C64H121NO3/c1-3-5-7-9-11-13-15-17-19-20-21-22-23-24-25-26-27-28-29-30-31-32-33-34-35-36-37-38-39-40-41-42-43-44-46-48-50-52-54-56-58-60-64(68)65-62(61-66)63(67)59-57-55-53-51-49-47-45-18-16-14-12-10-8-6-4-2/h15,17,20-21,23-24,57,59,62-63,66-67H,3-14,16,18-19,22,25-56,58,60-61H2,1-2H3,(H,65,68)/b17-15-,21-20-,24-23-,59-57+. The van der Waals surface area contributed by atoms with Crippen LogP contribution in [0.4, 0.5) is 0 Å². The number of carbonyl (C=O) groups is 1. The highest BCUT2D eigenvalue weighted by molar-refractivity contribution is 5.76. The van der Waals surface area contributed by atoms with E-state index in [0.29, 0.717) is 6.42 Å². The average molecular weight is 953 g/mol. The molecule has 0 heterocycles. The van der Waals surface area contributed by atoms with Crippen molar-refractivity contribution < 1.29 is 15.0 Å². The van der Waals surface area contributed by atoms with Crippen molar-refractivity contribution in [1.82, 2.24) is 5.32 Å². The van der Waals surface area contributed by atoms with Gasteiger partial charge in [0, 0.05) is 6.42 Å². The number of amides is 1. The normalized spacial score (nSPS) is 13.1. The van der Waals surface area contributed by atoms with Crippen molar-refractivity contribution in [1.29, 1.82) is 0 Å². The first-order valence-corrected chi connectivity index (χ1v) is 30.9. The molecule has 0 aliphatic carbocycles. The number of aliphatic hydroxyl groups is 2. The zero-order valence-electron chi connectivity index (χ0n) is 46.1. The lowest BCUT2D eigenvalue weighted by atomic mass is 10.0. The molecule has 0 spiro atoms. The molecule has 68 heavy (non-hydrogen) atoms. The Morgan fingerprint density at radius 2 is 0.603 bits per heavy atom. The van der Waals surface area contributed by atoms with Crippen LogP contribution in [0, 0.1) is 0 Å². The second-order valence-electron chi connectivity index (χ2n) is 21.1. The Morgan fingerprint density at radius 1 is 0.353 bits per heavy atom. The van der Waals surface area contributed by atoms with E-state index in [4.69, 9.17) is 0 Å². The number of aliphatic hydroxyl groups excluding tert-OH is 2. The molecule has 400 valence electrons. The fraction of sp³-hybridized carbons (Fsp3) is 0.859. The molecule has 0 radical (unpaired) electrons. The number of unbranched alkanes of at least 4 members (excludes halogenated alkanes) is 44. The zero-order valence-corrected chi connectivity index (χ0v) is 46.1. The molecule has 2 atom stereocenters. The Hall–Kier alpha value is -1.65. The number of nitrogens with one attached hydrogen (secondary N) is 1. The number of rotatable bonds is 57. The van der Waals surface area contributed by atoms with Gasteiger partial charge in [0.25, 0.3) is 0 Å². The third-order valence-electron chi connectivity index (χ3n) is 14.3. The van der Waals surface area contributed by atoms with Crippen molar-refractivity contribution >= 4 is 5.91 Å². The number of allylic oxidation sites excluding steroid dienone is 7. The quantitative estimate of drug-likeness (QED) is 0.0420. The Kier molecular flexibility index (Phi) is 58.2. The van der Waals surface area contributed by atoms with Gasteiger partial charge in [0.05, 0.1) is 18.8 Å². The molecule has 2 unspecified atom stereocenters. The predicted molar refractivity (Wildman–Crippen MR) is 304 cm³/mol. The van der Waals surface area contributed by atoms with Crippen molar-refractivity contribution in [2.45, 2.75) is 347 Å². The van der Waals surface area contributed by atoms with Gasteiger partial charge in [0.1, 0.15) is 0 Å². The largest absolute Gasteiger partial charge is 0.394 e. The average Bonchev–Trinajstić information content (AvgIpc) is 3.34. The molecule has 0 bridgehead atoms. The lowest BCUT2D eigenvalue weighted by Gasteiger charge is -2.20. The SMILES string of the molecule is CCCCCCC/C=C\C/C=C\C/C=C\CCCCCCCCCCCCCCCCCCCCCCCCCCCCC(=O)NC(CO)C(O)/C=C/CCCCCCCCCCCCCCC. The summed E-state index contributed by atoms with van der Waals surface area (Å²) in [5.41, 5.74) is 0. The second-order valence-corrected chi connectivity index (χ2v) is 21.1. The molecule has 1 amide bonds. The van der Waals surface area contributed by atoms with E-state index >= 15 is 0 Å². The van der Waals surface area contributed by atoms with Gasteiger partial charge in [-0.1, -0.05) is 319 Å².